The van der Waals surface area contributed by atoms with Gasteiger partial charge >= 0.3 is 5.97 Å². The molecule has 4 nitrogen and oxygen atoms in total. The van der Waals surface area contributed by atoms with E-state index in [1.807, 2.05) is 6.92 Å². The van der Waals surface area contributed by atoms with Crippen molar-refractivity contribution in [3.05, 3.63) is 0 Å². The molecule has 1 rings (SSSR count). The van der Waals surface area contributed by atoms with Crippen LogP contribution in [0.25, 0.3) is 0 Å². The zero-order valence-corrected chi connectivity index (χ0v) is 13.5. The summed E-state index contributed by atoms with van der Waals surface area (Å²) in [7, 11) is 0. The van der Waals surface area contributed by atoms with Crippen molar-refractivity contribution in [1.82, 2.24) is 10.2 Å². The fourth-order valence-electron chi connectivity index (χ4n) is 3.29. The van der Waals surface area contributed by atoms with Gasteiger partial charge in [0.05, 0.1) is 0 Å². The number of nitrogens with one attached hydrogen (secondary N) is 1. The predicted molar refractivity (Wildman–Crippen MR) is 83.1 cm³/mol. The van der Waals surface area contributed by atoms with Crippen LogP contribution < -0.4 is 5.32 Å². The summed E-state index contributed by atoms with van der Waals surface area (Å²) in [6.45, 7) is 8.95. The van der Waals surface area contributed by atoms with Gasteiger partial charge in [-0.1, -0.05) is 26.7 Å². The molecule has 1 heterocycles. The first-order valence-corrected chi connectivity index (χ1v) is 8.26. The first-order valence-electron chi connectivity index (χ1n) is 8.26. The van der Waals surface area contributed by atoms with Crippen molar-refractivity contribution in [3.8, 4) is 0 Å². The van der Waals surface area contributed by atoms with Gasteiger partial charge in [-0.05, 0) is 58.7 Å². The van der Waals surface area contributed by atoms with Gasteiger partial charge in [0.25, 0.3) is 0 Å². The third-order valence-electron chi connectivity index (χ3n) is 4.63. The first kappa shape index (κ1) is 17.4. The van der Waals surface area contributed by atoms with Gasteiger partial charge in [0.2, 0.25) is 0 Å². The lowest BCUT2D eigenvalue weighted by Crippen LogP contribution is -2.50. The molecule has 0 aromatic rings. The fourth-order valence-corrected chi connectivity index (χ4v) is 3.29. The van der Waals surface area contributed by atoms with Crippen LogP contribution in [0, 0.1) is 0 Å². The average Bonchev–Trinajstić information content (AvgIpc) is 2.64. The molecule has 0 saturated carbocycles. The first-order chi connectivity index (χ1) is 9.53. The minimum absolute atomic E-state index is 0.698. The molecule has 0 aromatic heterocycles. The molecule has 1 saturated heterocycles. The number of rotatable bonds is 8. The third-order valence-corrected chi connectivity index (χ3v) is 4.63. The molecule has 1 fully saturated rings. The Bertz CT molecular complexity index is 296. The van der Waals surface area contributed by atoms with Gasteiger partial charge in [-0.3, -0.25) is 4.79 Å². The van der Waals surface area contributed by atoms with Crippen molar-refractivity contribution >= 4 is 5.97 Å². The summed E-state index contributed by atoms with van der Waals surface area (Å²) >= 11 is 0. The Morgan fingerprint density at radius 3 is 2.70 bits per heavy atom. The zero-order chi connectivity index (χ0) is 15.0. The van der Waals surface area contributed by atoms with Crippen molar-refractivity contribution in [3.63, 3.8) is 0 Å². The molecule has 0 aliphatic carbocycles. The van der Waals surface area contributed by atoms with E-state index in [1.165, 1.54) is 38.6 Å². The Morgan fingerprint density at radius 2 is 2.10 bits per heavy atom. The van der Waals surface area contributed by atoms with Crippen molar-refractivity contribution in [1.29, 1.82) is 0 Å². The standard InChI is InChI=1S/C16H32N2O2/c1-4-14-10-7-6-8-12-18(14)13-9-11-16(3,15(19)20)17-5-2/h14,17H,4-13H2,1-3H3,(H,19,20). The lowest BCUT2D eigenvalue weighted by Gasteiger charge is -2.31. The molecule has 118 valence electrons. The van der Waals surface area contributed by atoms with E-state index in [9.17, 15) is 9.90 Å². The molecule has 0 aromatic carbocycles. The summed E-state index contributed by atoms with van der Waals surface area (Å²) in [5.41, 5.74) is -0.775. The summed E-state index contributed by atoms with van der Waals surface area (Å²) in [5.74, 6) is -0.734. The largest absolute Gasteiger partial charge is 0.480 e. The van der Waals surface area contributed by atoms with Crippen LogP contribution >= 0.6 is 0 Å². The molecule has 2 N–H and O–H groups in total. The topological polar surface area (TPSA) is 52.6 Å². The predicted octanol–water partition coefficient (Wildman–Crippen LogP) is 2.87. The van der Waals surface area contributed by atoms with Crippen LogP contribution in [-0.2, 0) is 4.79 Å². The van der Waals surface area contributed by atoms with E-state index in [2.05, 4.69) is 17.1 Å². The van der Waals surface area contributed by atoms with Gasteiger partial charge in [0.15, 0.2) is 0 Å². The maximum Gasteiger partial charge on any atom is 0.323 e. The van der Waals surface area contributed by atoms with Crippen molar-refractivity contribution in [2.75, 3.05) is 19.6 Å². The summed E-state index contributed by atoms with van der Waals surface area (Å²) in [6.07, 6.45) is 8.15. The Morgan fingerprint density at radius 1 is 1.35 bits per heavy atom. The third kappa shape index (κ3) is 5.06. The summed E-state index contributed by atoms with van der Waals surface area (Å²) < 4.78 is 0. The van der Waals surface area contributed by atoms with E-state index < -0.39 is 11.5 Å². The maximum atomic E-state index is 11.4. The minimum Gasteiger partial charge on any atom is -0.480 e. The molecule has 0 radical (unpaired) electrons. The zero-order valence-electron chi connectivity index (χ0n) is 13.5. The Hall–Kier alpha value is -0.610. The molecule has 2 unspecified atom stereocenters. The highest BCUT2D eigenvalue weighted by molar-refractivity contribution is 5.78. The quantitative estimate of drug-likeness (QED) is 0.719. The van der Waals surface area contributed by atoms with E-state index in [1.54, 1.807) is 6.92 Å². The number of hydrogen-bond acceptors (Lipinski definition) is 3. The summed E-state index contributed by atoms with van der Waals surface area (Å²) in [4.78, 5) is 14.0. The van der Waals surface area contributed by atoms with Gasteiger partial charge in [-0.25, -0.2) is 0 Å². The Kier molecular flexibility index (Phi) is 7.52. The molecular weight excluding hydrogens is 252 g/mol. The van der Waals surface area contributed by atoms with Crippen LogP contribution in [0.1, 0.15) is 65.7 Å². The average molecular weight is 284 g/mol. The lowest BCUT2D eigenvalue weighted by atomic mass is 9.95. The van der Waals surface area contributed by atoms with E-state index in [0.717, 1.165) is 13.0 Å². The number of likely N-dealkylation sites (tertiary alicyclic amines) is 1. The molecule has 4 heteroatoms. The SMILES string of the molecule is CCNC(C)(CCCN1CCCCCC1CC)C(=O)O. The molecule has 2 atom stereocenters. The fraction of sp³-hybridized carbons (Fsp3) is 0.938. The van der Waals surface area contributed by atoms with Crippen LogP contribution in [0.3, 0.4) is 0 Å². The van der Waals surface area contributed by atoms with Gasteiger partial charge in [0, 0.05) is 6.04 Å². The lowest BCUT2D eigenvalue weighted by molar-refractivity contribution is -0.144. The number of carbonyl (C=O) groups is 1. The number of likely N-dealkylation sites (N-methyl/N-ethyl adjacent to an activating group) is 1. The van der Waals surface area contributed by atoms with E-state index in [0.29, 0.717) is 19.0 Å². The number of nitrogens with zero attached hydrogens (tertiary/aromatic N) is 1. The molecular formula is C16H32N2O2. The molecule has 1 aliphatic heterocycles. The number of aliphatic carboxylic acids is 1. The summed E-state index contributed by atoms with van der Waals surface area (Å²) in [6, 6.07) is 0.702. The van der Waals surface area contributed by atoms with Crippen molar-refractivity contribution < 1.29 is 9.90 Å². The second-order valence-corrected chi connectivity index (χ2v) is 6.22. The molecule has 0 bridgehead atoms. The minimum atomic E-state index is -0.775. The highest BCUT2D eigenvalue weighted by Gasteiger charge is 2.31. The Balaban J connectivity index is 2.46. The highest BCUT2D eigenvalue weighted by atomic mass is 16.4. The van der Waals surface area contributed by atoms with Gasteiger partial charge < -0.3 is 15.3 Å². The van der Waals surface area contributed by atoms with Gasteiger partial charge in [-0.15, -0.1) is 0 Å². The number of hydrogen-bond donors (Lipinski definition) is 2. The van der Waals surface area contributed by atoms with Crippen LogP contribution in [-0.4, -0.2) is 47.2 Å². The maximum absolute atomic E-state index is 11.4. The normalized spacial score (nSPS) is 24.1. The highest BCUT2D eigenvalue weighted by Crippen LogP contribution is 2.21. The summed E-state index contributed by atoms with van der Waals surface area (Å²) in [5, 5.41) is 12.5. The van der Waals surface area contributed by atoms with E-state index in [-0.39, 0.29) is 0 Å². The molecule has 0 amide bonds. The van der Waals surface area contributed by atoms with Gasteiger partial charge in [0.1, 0.15) is 5.54 Å². The van der Waals surface area contributed by atoms with Crippen LogP contribution in [0.4, 0.5) is 0 Å². The van der Waals surface area contributed by atoms with Crippen molar-refractivity contribution in [2.45, 2.75) is 77.3 Å². The monoisotopic (exact) mass is 284 g/mol. The van der Waals surface area contributed by atoms with E-state index >= 15 is 0 Å². The number of carboxylic acids is 1. The van der Waals surface area contributed by atoms with Crippen molar-refractivity contribution in [2.24, 2.45) is 0 Å². The molecule has 0 spiro atoms. The van der Waals surface area contributed by atoms with Gasteiger partial charge in [-0.2, -0.15) is 0 Å². The van der Waals surface area contributed by atoms with E-state index in [4.69, 9.17) is 0 Å². The Labute approximate surface area is 123 Å². The second-order valence-electron chi connectivity index (χ2n) is 6.22. The number of carboxylic acid groups (broad SMARTS) is 1. The molecule has 1 aliphatic rings. The second kappa shape index (κ2) is 8.63. The smallest absolute Gasteiger partial charge is 0.323 e. The van der Waals surface area contributed by atoms with Crippen LogP contribution in [0.2, 0.25) is 0 Å². The molecule has 20 heavy (non-hydrogen) atoms. The van der Waals surface area contributed by atoms with Crippen LogP contribution in [0.5, 0.6) is 0 Å². The van der Waals surface area contributed by atoms with Crippen LogP contribution in [0.15, 0.2) is 0 Å².